The van der Waals surface area contributed by atoms with Gasteiger partial charge in [0.05, 0.1) is 18.1 Å². The van der Waals surface area contributed by atoms with Gasteiger partial charge in [-0.2, -0.15) is 0 Å². The smallest absolute Gasteiger partial charge is 0.417 e. The van der Waals surface area contributed by atoms with Crippen molar-refractivity contribution in [3.8, 4) is 0 Å². The molecule has 0 spiro atoms. The lowest BCUT2D eigenvalue weighted by Gasteiger charge is -2.35. The van der Waals surface area contributed by atoms with Crippen molar-refractivity contribution in [2.45, 2.75) is 64.3 Å². The van der Waals surface area contributed by atoms with Crippen molar-refractivity contribution in [1.29, 1.82) is 0 Å². The maximum Gasteiger partial charge on any atom is 0.417 e. The molecule has 4 atom stereocenters. The van der Waals surface area contributed by atoms with Crippen molar-refractivity contribution >= 4 is 18.1 Å². The van der Waals surface area contributed by atoms with Crippen molar-refractivity contribution in [2.75, 3.05) is 20.3 Å². The number of methoxy groups -OCH3 is 1. The minimum atomic E-state index is -0.658. The van der Waals surface area contributed by atoms with Gasteiger partial charge < -0.3 is 19.1 Å². The molecule has 170 valence electrons. The number of hydrogen-bond donors (Lipinski definition) is 0. The maximum atomic E-state index is 13.4. The standard InChI is InChI=1S/C23H32N2O6/c1-15(19(29-5)17-12-9-13-24(17)21(27)31-23(2,3)4)20(26)25-18(14-30-22(25)28)16-10-7-6-8-11-16/h6-8,10-11,15,17-19H,9,12-14H2,1-5H3/t15-,17+,18+,19?/m1/s1. The topological polar surface area (TPSA) is 85.4 Å². The molecule has 31 heavy (non-hydrogen) atoms. The highest BCUT2D eigenvalue weighted by Gasteiger charge is 2.46. The van der Waals surface area contributed by atoms with E-state index in [1.807, 2.05) is 51.1 Å². The van der Waals surface area contributed by atoms with Gasteiger partial charge in [0.2, 0.25) is 5.91 Å². The van der Waals surface area contributed by atoms with Gasteiger partial charge in [0.25, 0.3) is 0 Å². The maximum absolute atomic E-state index is 13.4. The van der Waals surface area contributed by atoms with Crippen molar-refractivity contribution < 1.29 is 28.6 Å². The third kappa shape index (κ3) is 5.01. The van der Waals surface area contributed by atoms with Gasteiger partial charge in [-0.1, -0.05) is 37.3 Å². The number of rotatable bonds is 5. The summed E-state index contributed by atoms with van der Waals surface area (Å²) in [5.74, 6) is -1.03. The fourth-order valence-corrected chi connectivity index (χ4v) is 4.32. The molecule has 3 rings (SSSR count). The number of likely N-dealkylation sites (tertiary alicyclic amines) is 1. The Hall–Kier alpha value is -2.61. The Labute approximate surface area is 183 Å². The second-order valence-corrected chi connectivity index (χ2v) is 9.08. The zero-order chi connectivity index (χ0) is 22.8. The predicted octanol–water partition coefficient (Wildman–Crippen LogP) is 3.76. The van der Waals surface area contributed by atoms with E-state index < -0.39 is 35.9 Å². The van der Waals surface area contributed by atoms with E-state index in [0.29, 0.717) is 13.0 Å². The molecule has 1 unspecified atom stereocenters. The Morgan fingerprint density at radius 3 is 2.48 bits per heavy atom. The van der Waals surface area contributed by atoms with E-state index in [1.54, 1.807) is 11.8 Å². The quantitative estimate of drug-likeness (QED) is 0.704. The first kappa shape index (κ1) is 23.1. The fourth-order valence-electron chi connectivity index (χ4n) is 4.32. The van der Waals surface area contributed by atoms with Crippen molar-refractivity contribution in [1.82, 2.24) is 9.80 Å². The van der Waals surface area contributed by atoms with Gasteiger partial charge >= 0.3 is 12.2 Å². The minimum Gasteiger partial charge on any atom is -0.446 e. The number of benzene rings is 1. The van der Waals surface area contributed by atoms with Gasteiger partial charge in [0.15, 0.2) is 0 Å². The Bertz CT molecular complexity index is 806. The Morgan fingerprint density at radius 1 is 1.19 bits per heavy atom. The molecule has 0 radical (unpaired) electrons. The lowest BCUT2D eigenvalue weighted by molar-refractivity contribution is -0.139. The van der Waals surface area contributed by atoms with Gasteiger partial charge in [0.1, 0.15) is 18.2 Å². The summed E-state index contributed by atoms with van der Waals surface area (Å²) in [6.07, 6.45) is -0.159. The van der Waals surface area contributed by atoms with Gasteiger partial charge in [0, 0.05) is 13.7 Å². The number of nitrogens with zero attached hydrogens (tertiary/aromatic N) is 2. The van der Waals surface area contributed by atoms with Crippen molar-refractivity contribution in [3.05, 3.63) is 35.9 Å². The van der Waals surface area contributed by atoms with E-state index >= 15 is 0 Å². The number of imide groups is 1. The molecule has 0 N–H and O–H groups in total. The van der Waals surface area contributed by atoms with Crippen LogP contribution >= 0.6 is 0 Å². The van der Waals surface area contributed by atoms with Crippen LogP contribution in [-0.4, -0.2) is 65.9 Å². The number of amides is 3. The van der Waals surface area contributed by atoms with Crippen LogP contribution in [0.5, 0.6) is 0 Å². The third-order valence-corrected chi connectivity index (χ3v) is 5.76. The molecule has 0 aromatic heterocycles. The van der Waals surface area contributed by atoms with E-state index in [1.165, 1.54) is 12.0 Å². The summed E-state index contributed by atoms with van der Waals surface area (Å²) >= 11 is 0. The average Bonchev–Trinajstić information content (AvgIpc) is 3.34. The van der Waals surface area contributed by atoms with Crippen LogP contribution in [0, 0.1) is 5.92 Å². The highest BCUT2D eigenvalue weighted by molar-refractivity contribution is 5.95. The van der Waals surface area contributed by atoms with Crippen LogP contribution in [0.1, 0.15) is 52.1 Å². The monoisotopic (exact) mass is 432 g/mol. The second-order valence-electron chi connectivity index (χ2n) is 9.08. The van der Waals surface area contributed by atoms with Gasteiger partial charge in [-0.15, -0.1) is 0 Å². The van der Waals surface area contributed by atoms with Gasteiger partial charge in [-0.3, -0.25) is 4.79 Å². The molecule has 2 saturated heterocycles. The number of carbonyl (C=O) groups excluding carboxylic acids is 3. The minimum absolute atomic E-state index is 0.117. The molecule has 2 aliphatic rings. The SMILES string of the molecule is COC([C@@H](C)C(=O)N1C(=O)OC[C@H]1c1ccccc1)[C@@H]1CCCN1C(=O)OC(C)(C)C. The summed E-state index contributed by atoms with van der Waals surface area (Å²) in [7, 11) is 1.52. The van der Waals surface area contributed by atoms with Crippen LogP contribution in [0.2, 0.25) is 0 Å². The van der Waals surface area contributed by atoms with Crippen LogP contribution < -0.4 is 0 Å². The lowest BCUT2D eigenvalue weighted by atomic mass is 9.93. The summed E-state index contributed by atoms with van der Waals surface area (Å²) in [6, 6.07) is 8.54. The highest BCUT2D eigenvalue weighted by Crippen LogP contribution is 2.33. The molecule has 8 nitrogen and oxygen atoms in total. The molecular weight excluding hydrogens is 400 g/mol. The summed E-state index contributed by atoms with van der Waals surface area (Å²) in [5.41, 5.74) is 0.218. The highest BCUT2D eigenvalue weighted by atomic mass is 16.6. The Kier molecular flexibility index (Phi) is 6.89. The Balaban J connectivity index is 1.79. The van der Waals surface area contributed by atoms with Crippen LogP contribution in [0.25, 0.3) is 0 Å². The normalized spacial score (nSPS) is 23.5. The molecule has 2 heterocycles. The molecule has 1 aromatic carbocycles. The molecular formula is C23H32N2O6. The second kappa shape index (κ2) is 9.26. The molecule has 0 aliphatic carbocycles. The van der Waals surface area contributed by atoms with E-state index in [-0.39, 0.29) is 18.6 Å². The summed E-state index contributed by atoms with van der Waals surface area (Å²) < 4.78 is 16.5. The first-order valence-corrected chi connectivity index (χ1v) is 10.7. The number of cyclic esters (lactones) is 1. The van der Waals surface area contributed by atoms with E-state index in [0.717, 1.165) is 12.0 Å². The van der Waals surface area contributed by atoms with Crippen molar-refractivity contribution in [2.24, 2.45) is 5.92 Å². The molecule has 2 fully saturated rings. The molecule has 1 aromatic rings. The molecule has 8 heteroatoms. The number of hydrogen-bond acceptors (Lipinski definition) is 6. The predicted molar refractivity (Wildman–Crippen MR) is 113 cm³/mol. The largest absolute Gasteiger partial charge is 0.446 e. The average molecular weight is 433 g/mol. The fraction of sp³-hybridized carbons (Fsp3) is 0.609. The first-order valence-electron chi connectivity index (χ1n) is 10.7. The molecule has 0 saturated carbocycles. The van der Waals surface area contributed by atoms with Crippen LogP contribution in [0.4, 0.5) is 9.59 Å². The van der Waals surface area contributed by atoms with Crippen molar-refractivity contribution in [3.63, 3.8) is 0 Å². The van der Waals surface area contributed by atoms with Crippen LogP contribution in [0.15, 0.2) is 30.3 Å². The van der Waals surface area contributed by atoms with E-state index in [4.69, 9.17) is 14.2 Å². The summed E-state index contributed by atoms with van der Waals surface area (Å²) in [5, 5.41) is 0. The summed E-state index contributed by atoms with van der Waals surface area (Å²) in [6.45, 7) is 7.84. The molecule has 2 aliphatic heterocycles. The molecule has 3 amide bonds. The van der Waals surface area contributed by atoms with E-state index in [9.17, 15) is 14.4 Å². The van der Waals surface area contributed by atoms with Crippen LogP contribution in [-0.2, 0) is 19.0 Å². The van der Waals surface area contributed by atoms with Gasteiger partial charge in [-0.25, -0.2) is 14.5 Å². The summed E-state index contributed by atoms with van der Waals surface area (Å²) in [4.78, 5) is 41.4. The number of carbonyl (C=O) groups is 3. The zero-order valence-corrected chi connectivity index (χ0v) is 18.9. The molecule has 0 bridgehead atoms. The van der Waals surface area contributed by atoms with Crippen LogP contribution in [0.3, 0.4) is 0 Å². The lowest BCUT2D eigenvalue weighted by Crippen LogP contribution is -2.51. The Morgan fingerprint density at radius 2 is 1.87 bits per heavy atom. The number of ether oxygens (including phenoxy) is 3. The first-order chi connectivity index (χ1) is 14.6. The van der Waals surface area contributed by atoms with Gasteiger partial charge in [-0.05, 0) is 39.2 Å². The van der Waals surface area contributed by atoms with E-state index in [2.05, 4.69) is 0 Å². The third-order valence-electron chi connectivity index (χ3n) is 5.76. The zero-order valence-electron chi connectivity index (χ0n) is 18.9.